The standard InChI is InChI=1S/C19H15NO5/c1-10-7-12-9-16(24-15(12)8-11(10)2)19(23)25-20-17(21)13-5-3-4-6-14(13)18(20)22/h3-8,16H,9H2,1-2H3. The molecule has 4 rings (SSSR count). The maximum absolute atomic E-state index is 12.4. The lowest BCUT2D eigenvalue weighted by atomic mass is 10.0. The Balaban J connectivity index is 1.51. The number of benzene rings is 2. The molecule has 1 unspecified atom stereocenters. The summed E-state index contributed by atoms with van der Waals surface area (Å²) in [6.07, 6.45) is -0.529. The molecular weight excluding hydrogens is 322 g/mol. The van der Waals surface area contributed by atoms with Crippen molar-refractivity contribution in [1.29, 1.82) is 0 Å². The SMILES string of the molecule is Cc1cc2c(cc1C)OC(C(=O)ON1C(=O)c3ccccc3C1=O)C2. The van der Waals surface area contributed by atoms with E-state index in [1.165, 1.54) is 12.1 Å². The van der Waals surface area contributed by atoms with Gasteiger partial charge in [-0.1, -0.05) is 23.3 Å². The van der Waals surface area contributed by atoms with Gasteiger partial charge in [-0.2, -0.15) is 0 Å². The molecule has 0 bridgehead atoms. The van der Waals surface area contributed by atoms with Gasteiger partial charge in [0.2, 0.25) is 6.10 Å². The molecule has 0 radical (unpaired) electrons. The summed E-state index contributed by atoms with van der Waals surface area (Å²) in [5.74, 6) is -1.42. The Kier molecular flexibility index (Phi) is 3.35. The Morgan fingerprint density at radius 2 is 1.68 bits per heavy atom. The van der Waals surface area contributed by atoms with Crippen LogP contribution in [0, 0.1) is 13.8 Å². The van der Waals surface area contributed by atoms with E-state index in [4.69, 9.17) is 9.57 Å². The van der Waals surface area contributed by atoms with Crippen LogP contribution >= 0.6 is 0 Å². The molecule has 6 heteroatoms. The van der Waals surface area contributed by atoms with Gasteiger partial charge in [0.05, 0.1) is 11.1 Å². The quantitative estimate of drug-likeness (QED) is 0.787. The minimum atomic E-state index is -0.875. The Morgan fingerprint density at radius 3 is 2.32 bits per heavy atom. The minimum absolute atomic E-state index is 0.224. The molecule has 2 aromatic carbocycles. The predicted octanol–water partition coefficient (Wildman–Crippen LogP) is 2.36. The number of nitrogens with zero attached hydrogens (tertiary/aromatic N) is 1. The van der Waals surface area contributed by atoms with Gasteiger partial charge in [0.1, 0.15) is 5.75 Å². The zero-order valence-corrected chi connectivity index (χ0v) is 13.7. The van der Waals surface area contributed by atoms with E-state index < -0.39 is 23.9 Å². The number of amides is 2. The van der Waals surface area contributed by atoms with Crippen LogP contribution in [-0.2, 0) is 16.1 Å². The van der Waals surface area contributed by atoms with Crippen molar-refractivity contribution in [2.24, 2.45) is 0 Å². The average molecular weight is 337 g/mol. The zero-order valence-electron chi connectivity index (χ0n) is 13.7. The second-order valence-electron chi connectivity index (χ2n) is 6.22. The molecule has 0 aliphatic carbocycles. The van der Waals surface area contributed by atoms with Gasteiger partial charge < -0.3 is 9.57 Å². The second-order valence-corrected chi connectivity index (χ2v) is 6.22. The smallest absolute Gasteiger partial charge is 0.373 e. The monoisotopic (exact) mass is 337 g/mol. The molecule has 2 aromatic rings. The van der Waals surface area contributed by atoms with Gasteiger partial charge in [0.15, 0.2) is 0 Å². The largest absolute Gasteiger partial charge is 0.478 e. The fourth-order valence-corrected chi connectivity index (χ4v) is 3.04. The van der Waals surface area contributed by atoms with Crippen LogP contribution in [-0.4, -0.2) is 29.0 Å². The van der Waals surface area contributed by atoms with E-state index in [2.05, 4.69) is 0 Å². The molecule has 0 saturated heterocycles. The van der Waals surface area contributed by atoms with E-state index >= 15 is 0 Å². The Morgan fingerprint density at radius 1 is 1.08 bits per heavy atom. The fraction of sp³-hybridized carbons (Fsp3) is 0.211. The van der Waals surface area contributed by atoms with Gasteiger partial charge in [-0.15, -0.1) is 0 Å². The molecule has 2 aliphatic rings. The lowest BCUT2D eigenvalue weighted by molar-refractivity contribution is -0.176. The van der Waals surface area contributed by atoms with Crippen molar-refractivity contribution in [3.63, 3.8) is 0 Å². The maximum atomic E-state index is 12.4. The van der Waals surface area contributed by atoms with Crippen molar-refractivity contribution in [1.82, 2.24) is 5.06 Å². The highest BCUT2D eigenvalue weighted by Crippen LogP contribution is 2.32. The summed E-state index contributed by atoms with van der Waals surface area (Å²) < 4.78 is 5.64. The van der Waals surface area contributed by atoms with Crippen LogP contribution in [0.4, 0.5) is 0 Å². The van der Waals surface area contributed by atoms with Crippen LogP contribution in [0.2, 0.25) is 0 Å². The number of carbonyl (C=O) groups excluding carboxylic acids is 3. The van der Waals surface area contributed by atoms with Crippen molar-refractivity contribution in [2.45, 2.75) is 26.4 Å². The molecule has 1 atom stereocenters. The van der Waals surface area contributed by atoms with Crippen molar-refractivity contribution in [3.05, 3.63) is 64.2 Å². The first-order chi connectivity index (χ1) is 12.0. The average Bonchev–Trinajstić information content (AvgIpc) is 3.10. The summed E-state index contributed by atoms with van der Waals surface area (Å²) in [4.78, 5) is 42.0. The van der Waals surface area contributed by atoms with Gasteiger partial charge in [-0.3, -0.25) is 9.59 Å². The molecule has 0 spiro atoms. The summed E-state index contributed by atoms with van der Waals surface area (Å²) >= 11 is 0. The molecule has 2 heterocycles. The van der Waals surface area contributed by atoms with Crippen molar-refractivity contribution >= 4 is 17.8 Å². The summed E-state index contributed by atoms with van der Waals surface area (Å²) in [6.45, 7) is 3.95. The van der Waals surface area contributed by atoms with E-state index in [1.807, 2.05) is 26.0 Å². The number of hydroxylamine groups is 2. The summed E-state index contributed by atoms with van der Waals surface area (Å²) in [7, 11) is 0. The number of aryl methyl sites for hydroxylation is 2. The van der Waals surface area contributed by atoms with Crippen LogP contribution in [0.3, 0.4) is 0 Å². The molecule has 2 aliphatic heterocycles. The molecule has 126 valence electrons. The van der Waals surface area contributed by atoms with Crippen LogP contribution in [0.5, 0.6) is 5.75 Å². The van der Waals surface area contributed by atoms with E-state index in [-0.39, 0.29) is 11.1 Å². The van der Waals surface area contributed by atoms with Crippen LogP contribution in [0.15, 0.2) is 36.4 Å². The summed E-state index contributed by atoms with van der Waals surface area (Å²) in [6, 6.07) is 10.2. The molecule has 25 heavy (non-hydrogen) atoms. The molecule has 0 saturated carbocycles. The van der Waals surface area contributed by atoms with Gasteiger partial charge >= 0.3 is 5.97 Å². The number of fused-ring (bicyclic) bond motifs is 2. The van der Waals surface area contributed by atoms with Gasteiger partial charge in [-0.05, 0) is 48.7 Å². The molecule has 0 fully saturated rings. The van der Waals surface area contributed by atoms with E-state index in [0.29, 0.717) is 17.2 Å². The molecule has 0 aromatic heterocycles. The molecular formula is C19H15NO5. The number of hydrogen-bond donors (Lipinski definition) is 0. The van der Waals surface area contributed by atoms with E-state index in [1.54, 1.807) is 12.1 Å². The number of rotatable bonds is 2. The van der Waals surface area contributed by atoms with Gasteiger partial charge in [0, 0.05) is 6.42 Å². The van der Waals surface area contributed by atoms with Crippen LogP contribution in [0.25, 0.3) is 0 Å². The third-order valence-electron chi connectivity index (χ3n) is 4.55. The van der Waals surface area contributed by atoms with Crippen molar-refractivity contribution in [2.75, 3.05) is 0 Å². The number of carbonyl (C=O) groups is 3. The lowest BCUT2D eigenvalue weighted by Crippen LogP contribution is -2.38. The van der Waals surface area contributed by atoms with Crippen molar-refractivity contribution < 1.29 is 24.0 Å². The summed E-state index contributed by atoms with van der Waals surface area (Å²) in [5, 5.41) is 0.510. The zero-order chi connectivity index (χ0) is 17.7. The predicted molar refractivity (Wildman–Crippen MR) is 87.1 cm³/mol. The third-order valence-corrected chi connectivity index (χ3v) is 4.55. The molecule has 0 N–H and O–H groups in total. The third kappa shape index (κ3) is 2.38. The van der Waals surface area contributed by atoms with Crippen molar-refractivity contribution in [3.8, 4) is 5.75 Å². The minimum Gasteiger partial charge on any atom is -0.478 e. The fourth-order valence-electron chi connectivity index (χ4n) is 3.04. The topological polar surface area (TPSA) is 72.9 Å². The Bertz CT molecular complexity index is 867. The highest BCUT2D eigenvalue weighted by atomic mass is 16.7. The lowest BCUT2D eigenvalue weighted by Gasteiger charge is -2.15. The Labute approximate surface area is 143 Å². The van der Waals surface area contributed by atoms with Crippen LogP contribution in [0.1, 0.15) is 37.4 Å². The number of hydrogen-bond acceptors (Lipinski definition) is 5. The first-order valence-corrected chi connectivity index (χ1v) is 7.92. The first-order valence-electron chi connectivity index (χ1n) is 7.92. The van der Waals surface area contributed by atoms with E-state index in [9.17, 15) is 14.4 Å². The summed E-state index contributed by atoms with van der Waals surface area (Å²) in [5.41, 5.74) is 3.53. The van der Waals surface area contributed by atoms with E-state index in [0.717, 1.165) is 16.7 Å². The first kappa shape index (κ1) is 15.4. The highest BCUT2D eigenvalue weighted by molar-refractivity contribution is 6.20. The Hall–Kier alpha value is -3.15. The molecule has 6 nitrogen and oxygen atoms in total. The second kappa shape index (κ2) is 5.44. The number of ether oxygens (including phenoxy) is 1. The van der Waals surface area contributed by atoms with Gasteiger partial charge in [0.25, 0.3) is 11.8 Å². The number of imide groups is 1. The maximum Gasteiger partial charge on any atom is 0.373 e. The molecule has 2 amide bonds. The normalized spacial score (nSPS) is 18.0. The van der Waals surface area contributed by atoms with Gasteiger partial charge in [-0.25, -0.2) is 4.79 Å². The highest BCUT2D eigenvalue weighted by Gasteiger charge is 2.41. The van der Waals surface area contributed by atoms with Crippen LogP contribution < -0.4 is 4.74 Å².